The quantitative estimate of drug-likeness (QED) is 0.463. The molecule has 3 heteroatoms. The molecule has 0 heterocycles. The third-order valence-electron chi connectivity index (χ3n) is 2.60. The van der Waals surface area contributed by atoms with E-state index in [9.17, 15) is 9.90 Å². The first-order valence-corrected chi connectivity index (χ1v) is 6.54. The van der Waals surface area contributed by atoms with E-state index in [0.29, 0.717) is 13.0 Å². The molecule has 96 valence electrons. The highest BCUT2D eigenvalue weighted by molar-refractivity contribution is 5.69. The summed E-state index contributed by atoms with van der Waals surface area (Å²) in [7, 11) is 0. The molecule has 0 saturated heterocycles. The summed E-state index contributed by atoms with van der Waals surface area (Å²) in [5, 5.41) is 9.55. The van der Waals surface area contributed by atoms with Gasteiger partial charge in [-0.1, -0.05) is 45.4 Å². The predicted octanol–water partition coefficient (Wildman–Crippen LogP) is 3.05. The Morgan fingerprint density at radius 2 is 1.75 bits per heavy atom. The van der Waals surface area contributed by atoms with Crippen molar-refractivity contribution in [2.24, 2.45) is 0 Å². The van der Waals surface area contributed by atoms with Crippen LogP contribution in [0, 0.1) is 0 Å². The molecule has 0 fully saturated rings. The van der Waals surface area contributed by atoms with Crippen LogP contribution in [0.5, 0.6) is 0 Å². The number of unbranched alkanes of at least 4 members (excludes halogenated alkanes) is 5. The summed E-state index contributed by atoms with van der Waals surface area (Å²) in [5.41, 5.74) is 0. The lowest BCUT2D eigenvalue weighted by molar-refractivity contribution is -0.145. The van der Waals surface area contributed by atoms with E-state index in [1.807, 2.05) is 0 Å². The number of hydrogen-bond donors (Lipinski definition) is 1. The molecule has 1 atom stereocenters. The summed E-state index contributed by atoms with van der Waals surface area (Å²) in [6, 6.07) is 0. The van der Waals surface area contributed by atoms with Crippen LogP contribution in [-0.4, -0.2) is 23.8 Å². The van der Waals surface area contributed by atoms with Crippen LogP contribution in [0.2, 0.25) is 0 Å². The third-order valence-corrected chi connectivity index (χ3v) is 2.60. The molecule has 1 N–H and O–H groups in total. The minimum atomic E-state index is -0.523. The number of carbonyl (C=O) groups excluding carboxylic acids is 1. The summed E-state index contributed by atoms with van der Waals surface area (Å²) in [6.45, 7) is 4.36. The van der Waals surface area contributed by atoms with Crippen molar-refractivity contribution < 1.29 is 14.6 Å². The van der Waals surface area contributed by atoms with Crippen molar-refractivity contribution >= 4 is 5.97 Å². The normalized spacial score (nSPS) is 12.4. The Labute approximate surface area is 99.2 Å². The Hall–Kier alpha value is -0.570. The van der Waals surface area contributed by atoms with Crippen LogP contribution < -0.4 is 0 Å². The second-order valence-electron chi connectivity index (χ2n) is 4.22. The zero-order chi connectivity index (χ0) is 12.2. The standard InChI is InChI=1S/C13H26O3/c1-3-5-6-7-8-9-10-12(14)11-13(15)16-4-2/h12,14H,3-11H2,1-2H3. The maximum atomic E-state index is 11.0. The molecule has 0 radical (unpaired) electrons. The first kappa shape index (κ1) is 15.4. The van der Waals surface area contributed by atoms with Gasteiger partial charge in [-0.2, -0.15) is 0 Å². The molecule has 0 aromatic heterocycles. The SMILES string of the molecule is CCCCCCCCC(O)CC(=O)OCC. The van der Waals surface area contributed by atoms with Gasteiger partial charge in [0.25, 0.3) is 0 Å². The van der Waals surface area contributed by atoms with Crippen molar-refractivity contribution in [2.45, 2.75) is 71.3 Å². The first-order valence-electron chi connectivity index (χ1n) is 6.54. The Morgan fingerprint density at radius 3 is 2.38 bits per heavy atom. The molecule has 0 aromatic carbocycles. The zero-order valence-electron chi connectivity index (χ0n) is 10.7. The number of hydrogen-bond acceptors (Lipinski definition) is 3. The predicted molar refractivity (Wildman–Crippen MR) is 65.2 cm³/mol. The number of carbonyl (C=O) groups is 1. The summed E-state index contributed by atoms with van der Waals surface area (Å²) >= 11 is 0. The van der Waals surface area contributed by atoms with E-state index in [2.05, 4.69) is 6.92 Å². The Bertz CT molecular complexity index is 169. The van der Waals surface area contributed by atoms with Gasteiger partial charge >= 0.3 is 5.97 Å². The fraction of sp³-hybridized carbons (Fsp3) is 0.923. The summed E-state index contributed by atoms with van der Waals surface area (Å²) in [5.74, 6) is -0.291. The van der Waals surface area contributed by atoms with Crippen LogP contribution in [0.25, 0.3) is 0 Å². The Balaban J connectivity index is 3.29. The monoisotopic (exact) mass is 230 g/mol. The van der Waals surface area contributed by atoms with E-state index >= 15 is 0 Å². The van der Waals surface area contributed by atoms with Crippen molar-refractivity contribution in [2.75, 3.05) is 6.61 Å². The second kappa shape index (κ2) is 10.9. The average Bonchev–Trinajstić information content (AvgIpc) is 2.23. The molecule has 0 aliphatic heterocycles. The Kier molecular flexibility index (Phi) is 10.5. The lowest BCUT2D eigenvalue weighted by Gasteiger charge is -2.09. The molecule has 0 aromatic rings. The highest BCUT2D eigenvalue weighted by Gasteiger charge is 2.10. The van der Waals surface area contributed by atoms with Gasteiger partial charge < -0.3 is 9.84 Å². The maximum absolute atomic E-state index is 11.0. The van der Waals surface area contributed by atoms with E-state index in [0.717, 1.165) is 12.8 Å². The van der Waals surface area contributed by atoms with Crippen molar-refractivity contribution in [3.05, 3.63) is 0 Å². The fourth-order valence-corrected chi connectivity index (χ4v) is 1.67. The average molecular weight is 230 g/mol. The minimum absolute atomic E-state index is 0.142. The van der Waals surface area contributed by atoms with Crippen LogP contribution in [0.1, 0.15) is 65.2 Å². The molecule has 0 aliphatic carbocycles. The zero-order valence-corrected chi connectivity index (χ0v) is 10.7. The number of aliphatic hydroxyl groups is 1. The van der Waals surface area contributed by atoms with Crippen LogP contribution in [0.15, 0.2) is 0 Å². The molecule has 0 spiro atoms. The number of aliphatic hydroxyl groups excluding tert-OH is 1. The molecule has 1 unspecified atom stereocenters. The topological polar surface area (TPSA) is 46.5 Å². The largest absolute Gasteiger partial charge is 0.466 e. The van der Waals surface area contributed by atoms with E-state index in [-0.39, 0.29) is 12.4 Å². The van der Waals surface area contributed by atoms with Crippen LogP contribution >= 0.6 is 0 Å². The van der Waals surface area contributed by atoms with Gasteiger partial charge in [0.1, 0.15) is 0 Å². The molecular formula is C13H26O3. The lowest BCUT2D eigenvalue weighted by atomic mass is 10.1. The van der Waals surface area contributed by atoms with Gasteiger partial charge in [-0.05, 0) is 13.3 Å². The number of rotatable bonds is 10. The number of ether oxygens (including phenoxy) is 1. The van der Waals surface area contributed by atoms with Gasteiger partial charge in [0.15, 0.2) is 0 Å². The second-order valence-corrected chi connectivity index (χ2v) is 4.22. The maximum Gasteiger partial charge on any atom is 0.308 e. The van der Waals surface area contributed by atoms with Crippen LogP contribution in [0.4, 0.5) is 0 Å². The lowest BCUT2D eigenvalue weighted by Crippen LogP contribution is -2.15. The van der Waals surface area contributed by atoms with Crippen molar-refractivity contribution in [1.82, 2.24) is 0 Å². The smallest absolute Gasteiger partial charge is 0.308 e. The van der Waals surface area contributed by atoms with Gasteiger partial charge in [0.2, 0.25) is 0 Å². The van der Waals surface area contributed by atoms with E-state index in [4.69, 9.17) is 4.74 Å². The molecule has 0 aliphatic rings. The molecule has 0 amide bonds. The molecule has 3 nitrogen and oxygen atoms in total. The third kappa shape index (κ3) is 9.97. The molecular weight excluding hydrogens is 204 g/mol. The van der Waals surface area contributed by atoms with Crippen LogP contribution in [-0.2, 0) is 9.53 Å². The van der Waals surface area contributed by atoms with Gasteiger partial charge in [0.05, 0.1) is 19.1 Å². The molecule has 0 bridgehead atoms. The van der Waals surface area contributed by atoms with Gasteiger partial charge in [0, 0.05) is 0 Å². The molecule has 0 rings (SSSR count). The number of esters is 1. The fourth-order valence-electron chi connectivity index (χ4n) is 1.67. The summed E-state index contributed by atoms with van der Waals surface area (Å²) in [4.78, 5) is 11.0. The molecule has 0 saturated carbocycles. The van der Waals surface area contributed by atoms with Crippen molar-refractivity contribution in [1.29, 1.82) is 0 Å². The van der Waals surface area contributed by atoms with Crippen molar-refractivity contribution in [3.8, 4) is 0 Å². The minimum Gasteiger partial charge on any atom is -0.466 e. The van der Waals surface area contributed by atoms with E-state index < -0.39 is 6.10 Å². The van der Waals surface area contributed by atoms with Gasteiger partial charge in [-0.25, -0.2) is 0 Å². The first-order chi connectivity index (χ1) is 7.70. The van der Waals surface area contributed by atoms with E-state index in [1.165, 1.54) is 25.7 Å². The highest BCUT2D eigenvalue weighted by atomic mass is 16.5. The van der Waals surface area contributed by atoms with Gasteiger partial charge in [-0.15, -0.1) is 0 Å². The van der Waals surface area contributed by atoms with Gasteiger partial charge in [-0.3, -0.25) is 4.79 Å². The summed E-state index contributed by atoms with van der Waals surface area (Å²) < 4.78 is 4.77. The van der Waals surface area contributed by atoms with Crippen LogP contribution in [0.3, 0.4) is 0 Å². The van der Waals surface area contributed by atoms with E-state index in [1.54, 1.807) is 6.92 Å². The summed E-state index contributed by atoms with van der Waals surface area (Å²) in [6.07, 6.45) is 7.56. The highest BCUT2D eigenvalue weighted by Crippen LogP contribution is 2.10. The van der Waals surface area contributed by atoms with Crippen molar-refractivity contribution in [3.63, 3.8) is 0 Å². The Morgan fingerprint density at radius 1 is 1.12 bits per heavy atom. The molecule has 16 heavy (non-hydrogen) atoms.